The molecule has 1 atom stereocenters. The van der Waals surface area contributed by atoms with Crippen molar-refractivity contribution >= 4 is 5.82 Å². The zero-order chi connectivity index (χ0) is 12.7. The average Bonchev–Trinajstić information content (AvgIpc) is 2.31. The highest BCUT2D eigenvalue weighted by molar-refractivity contribution is 5.36. The zero-order valence-electron chi connectivity index (χ0n) is 10.5. The summed E-state index contributed by atoms with van der Waals surface area (Å²) in [7, 11) is 0. The number of hydrogen-bond acceptors (Lipinski definition) is 4. The Kier molecular flexibility index (Phi) is 5.83. The van der Waals surface area contributed by atoms with Gasteiger partial charge in [-0.2, -0.15) is 0 Å². The van der Waals surface area contributed by atoms with E-state index >= 15 is 0 Å². The fourth-order valence-electron chi connectivity index (χ4n) is 1.81. The third kappa shape index (κ3) is 4.26. The molecular weight excluding hydrogens is 219 g/mol. The van der Waals surface area contributed by atoms with E-state index in [1.807, 2.05) is 0 Å². The van der Waals surface area contributed by atoms with Crippen molar-refractivity contribution in [1.82, 2.24) is 9.97 Å². The van der Waals surface area contributed by atoms with Crippen LogP contribution in [0.3, 0.4) is 0 Å². The van der Waals surface area contributed by atoms with Crippen LogP contribution in [-0.2, 0) is 0 Å². The molecule has 5 heteroatoms. The van der Waals surface area contributed by atoms with Crippen LogP contribution in [0.2, 0.25) is 0 Å². The van der Waals surface area contributed by atoms with Gasteiger partial charge in [0.2, 0.25) is 0 Å². The number of nitrogens with one attached hydrogen (secondary N) is 1. The molecule has 17 heavy (non-hydrogen) atoms. The first-order chi connectivity index (χ1) is 8.19. The van der Waals surface area contributed by atoms with Gasteiger partial charge >= 0.3 is 0 Å². The van der Waals surface area contributed by atoms with Gasteiger partial charge in [0.25, 0.3) is 0 Å². The second-order valence-corrected chi connectivity index (χ2v) is 4.23. The maximum Gasteiger partial charge on any atom is 0.186 e. The highest BCUT2D eigenvalue weighted by atomic mass is 19.1. The predicted molar refractivity (Wildman–Crippen MR) is 67.3 cm³/mol. The van der Waals surface area contributed by atoms with Crippen LogP contribution in [0.15, 0.2) is 6.33 Å². The van der Waals surface area contributed by atoms with E-state index in [9.17, 15) is 4.39 Å². The fourth-order valence-corrected chi connectivity index (χ4v) is 1.81. The Morgan fingerprint density at radius 2 is 2.18 bits per heavy atom. The van der Waals surface area contributed by atoms with Crippen LogP contribution in [0.1, 0.15) is 31.9 Å². The number of aryl methyl sites for hydroxylation is 1. The topological polar surface area (TPSA) is 63.8 Å². The lowest BCUT2D eigenvalue weighted by Crippen LogP contribution is -2.19. The summed E-state index contributed by atoms with van der Waals surface area (Å²) < 4.78 is 13.6. The van der Waals surface area contributed by atoms with Crippen molar-refractivity contribution in [3.8, 4) is 0 Å². The van der Waals surface area contributed by atoms with Crippen molar-refractivity contribution < 1.29 is 4.39 Å². The molecule has 0 aromatic carbocycles. The molecule has 1 aromatic rings. The Morgan fingerprint density at radius 1 is 1.41 bits per heavy atom. The summed E-state index contributed by atoms with van der Waals surface area (Å²) in [6.45, 7) is 5.14. The van der Waals surface area contributed by atoms with E-state index in [1.165, 1.54) is 6.33 Å². The van der Waals surface area contributed by atoms with Gasteiger partial charge in [-0.15, -0.1) is 0 Å². The zero-order valence-corrected chi connectivity index (χ0v) is 10.5. The third-order valence-electron chi connectivity index (χ3n) is 2.79. The van der Waals surface area contributed by atoms with Crippen molar-refractivity contribution in [2.45, 2.75) is 33.1 Å². The van der Waals surface area contributed by atoms with Gasteiger partial charge in [0.15, 0.2) is 11.6 Å². The van der Waals surface area contributed by atoms with E-state index in [0.717, 1.165) is 19.3 Å². The molecule has 0 aliphatic rings. The van der Waals surface area contributed by atoms with Crippen LogP contribution in [-0.4, -0.2) is 23.1 Å². The van der Waals surface area contributed by atoms with E-state index in [0.29, 0.717) is 24.7 Å². The second-order valence-electron chi connectivity index (χ2n) is 4.23. The molecule has 1 unspecified atom stereocenters. The third-order valence-corrected chi connectivity index (χ3v) is 2.79. The summed E-state index contributed by atoms with van der Waals surface area (Å²) in [6, 6.07) is 0. The number of nitrogens with two attached hydrogens (primary N) is 1. The van der Waals surface area contributed by atoms with Crippen LogP contribution < -0.4 is 11.1 Å². The van der Waals surface area contributed by atoms with E-state index in [4.69, 9.17) is 5.73 Å². The Hall–Kier alpha value is -1.23. The van der Waals surface area contributed by atoms with Crippen LogP contribution in [0.5, 0.6) is 0 Å². The number of halogens is 1. The van der Waals surface area contributed by atoms with Gasteiger partial charge in [0.1, 0.15) is 6.33 Å². The minimum Gasteiger partial charge on any atom is -0.367 e. The lowest BCUT2D eigenvalue weighted by atomic mass is 10.00. The largest absolute Gasteiger partial charge is 0.367 e. The summed E-state index contributed by atoms with van der Waals surface area (Å²) in [5.74, 6) is 0.394. The lowest BCUT2D eigenvalue weighted by molar-refractivity contribution is 0.471. The first-order valence-electron chi connectivity index (χ1n) is 6.10. The maximum absolute atomic E-state index is 13.6. The standard InChI is InChI=1S/C12H21FN4/c1-3-4-10(5-6-14)7-15-12-11(13)9(2)16-8-17-12/h8,10H,3-7,14H2,1-2H3,(H,15,16,17). The minimum absolute atomic E-state index is 0.288. The van der Waals surface area contributed by atoms with Crippen LogP contribution in [0.25, 0.3) is 0 Å². The first kappa shape index (κ1) is 13.8. The molecule has 0 saturated carbocycles. The maximum atomic E-state index is 13.6. The van der Waals surface area contributed by atoms with E-state index in [2.05, 4.69) is 22.2 Å². The normalized spacial score (nSPS) is 12.5. The van der Waals surface area contributed by atoms with Crippen molar-refractivity contribution in [3.05, 3.63) is 17.8 Å². The highest BCUT2D eigenvalue weighted by Gasteiger charge is 2.10. The molecule has 3 N–H and O–H groups in total. The number of nitrogens with zero attached hydrogens (tertiary/aromatic N) is 2. The van der Waals surface area contributed by atoms with Crippen LogP contribution in [0, 0.1) is 18.7 Å². The van der Waals surface area contributed by atoms with Gasteiger partial charge < -0.3 is 11.1 Å². The monoisotopic (exact) mass is 240 g/mol. The van der Waals surface area contributed by atoms with Crippen molar-refractivity contribution in [1.29, 1.82) is 0 Å². The summed E-state index contributed by atoms with van der Waals surface area (Å²) in [4.78, 5) is 7.70. The van der Waals surface area contributed by atoms with Crippen molar-refractivity contribution in [2.24, 2.45) is 11.7 Å². The Bertz CT molecular complexity index is 337. The minimum atomic E-state index is -0.365. The molecule has 1 heterocycles. The van der Waals surface area contributed by atoms with Gasteiger partial charge in [0.05, 0.1) is 5.69 Å². The molecule has 0 bridgehead atoms. The molecule has 4 nitrogen and oxygen atoms in total. The Balaban J connectivity index is 2.55. The summed E-state index contributed by atoms with van der Waals surface area (Å²) in [5.41, 5.74) is 5.92. The molecule has 0 fully saturated rings. The van der Waals surface area contributed by atoms with E-state index in [-0.39, 0.29) is 11.6 Å². The lowest BCUT2D eigenvalue weighted by Gasteiger charge is -2.16. The first-order valence-corrected chi connectivity index (χ1v) is 6.10. The number of hydrogen-bond donors (Lipinski definition) is 2. The van der Waals surface area contributed by atoms with Gasteiger partial charge in [0, 0.05) is 6.54 Å². The molecule has 0 amide bonds. The van der Waals surface area contributed by atoms with Gasteiger partial charge in [-0.25, -0.2) is 14.4 Å². The van der Waals surface area contributed by atoms with E-state index < -0.39 is 0 Å². The molecule has 0 radical (unpaired) electrons. The molecule has 0 aliphatic heterocycles. The quantitative estimate of drug-likeness (QED) is 0.766. The smallest absolute Gasteiger partial charge is 0.186 e. The molecule has 1 aromatic heterocycles. The average molecular weight is 240 g/mol. The second kappa shape index (κ2) is 7.17. The predicted octanol–water partition coefficient (Wildman–Crippen LogP) is 2.10. The molecule has 0 saturated heterocycles. The number of aromatic nitrogens is 2. The Labute approximate surface area is 102 Å². The fraction of sp³-hybridized carbons (Fsp3) is 0.667. The van der Waals surface area contributed by atoms with Gasteiger partial charge in [-0.1, -0.05) is 13.3 Å². The van der Waals surface area contributed by atoms with Crippen molar-refractivity contribution in [3.63, 3.8) is 0 Å². The Morgan fingerprint density at radius 3 is 2.82 bits per heavy atom. The van der Waals surface area contributed by atoms with Crippen LogP contribution in [0.4, 0.5) is 10.2 Å². The van der Waals surface area contributed by atoms with E-state index in [1.54, 1.807) is 6.92 Å². The number of rotatable bonds is 7. The molecule has 96 valence electrons. The number of anilines is 1. The summed E-state index contributed by atoms with van der Waals surface area (Å²) in [6.07, 6.45) is 4.53. The molecular formula is C12H21FN4. The van der Waals surface area contributed by atoms with Crippen LogP contribution >= 0.6 is 0 Å². The summed E-state index contributed by atoms with van der Waals surface area (Å²) in [5, 5.41) is 3.04. The highest BCUT2D eigenvalue weighted by Crippen LogP contribution is 2.15. The summed E-state index contributed by atoms with van der Waals surface area (Å²) >= 11 is 0. The van der Waals surface area contributed by atoms with Gasteiger partial charge in [-0.05, 0) is 32.2 Å². The molecule has 0 aliphatic carbocycles. The van der Waals surface area contributed by atoms with Crippen molar-refractivity contribution in [2.75, 3.05) is 18.4 Å². The molecule has 0 spiro atoms. The molecule has 1 rings (SSSR count). The van der Waals surface area contributed by atoms with Gasteiger partial charge in [-0.3, -0.25) is 0 Å². The SMILES string of the molecule is CCCC(CCN)CNc1ncnc(C)c1F.